The molecule has 2 aromatic carbocycles. The van der Waals surface area contributed by atoms with Crippen LogP contribution in [0.25, 0.3) is 11.1 Å². The second kappa shape index (κ2) is 11.5. The molecule has 2 atom stereocenters. The van der Waals surface area contributed by atoms with Gasteiger partial charge in [-0.15, -0.1) is 0 Å². The van der Waals surface area contributed by atoms with E-state index in [0.29, 0.717) is 19.4 Å². The third-order valence-electron chi connectivity index (χ3n) is 6.07. The number of hydrogen-bond acceptors (Lipinski definition) is 4. The van der Waals surface area contributed by atoms with Gasteiger partial charge in [0.1, 0.15) is 6.61 Å². The minimum atomic E-state index is -0.841. The third kappa shape index (κ3) is 6.57. The summed E-state index contributed by atoms with van der Waals surface area (Å²) in [6.07, 6.45) is 0.874. The number of fused-ring (bicyclic) bond motifs is 3. The Morgan fingerprint density at radius 3 is 2.18 bits per heavy atom. The summed E-state index contributed by atoms with van der Waals surface area (Å²) in [5, 5.41) is 14.4. The van der Waals surface area contributed by atoms with Crippen LogP contribution in [0.5, 0.6) is 0 Å². The molecule has 0 heterocycles. The molecule has 7 nitrogen and oxygen atoms in total. The molecule has 0 saturated heterocycles. The molecule has 0 aromatic heterocycles. The third-order valence-corrected chi connectivity index (χ3v) is 6.07. The minimum absolute atomic E-state index is 0.0104. The van der Waals surface area contributed by atoms with Crippen LogP contribution in [0.1, 0.15) is 56.6 Å². The first-order chi connectivity index (χ1) is 15.9. The Morgan fingerprint density at radius 2 is 1.61 bits per heavy atom. The lowest BCUT2D eigenvalue weighted by molar-refractivity contribution is -0.138. The smallest absolute Gasteiger partial charge is 0.407 e. The lowest BCUT2D eigenvalue weighted by Crippen LogP contribution is -2.39. The lowest BCUT2D eigenvalue weighted by atomic mass is 9.98. The maximum absolute atomic E-state index is 12.5. The first kappa shape index (κ1) is 24.3. The van der Waals surface area contributed by atoms with Gasteiger partial charge in [-0.05, 0) is 41.0 Å². The molecule has 176 valence electrons. The van der Waals surface area contributed by atoms with Crippen molar-refractivity contribution in [2.75, 3.05) is 13.2 Å². The highest BCUT2D eigenvalue weighted by molar-refractivity contribution is 5.79. The number of carboxylic acids is 1. The first-order valence-corrected chi connectivity index (χ1v) is 11.5. The molecule has 1 aliphatic rings. The molecule has 0 aliphatic heterocycles. The van der Waals surface area contributed by atoms with E-state index in [-0.39, 0.29) is 43.2 Å². The molecule has 2 amide bonds. The molecule has 33 heavy (non-hydrogen) atoms. The topological polar surface area (TPSA) is 105 Å². The maximum Gasteiger partial charge on any atom is 0.407 e. The highest BCUT2D eigenvalue weighted by Gasteiger charge is 2.29. The first-order valence-electron chi connectivity index (χ1n) is 11.5. The Labute approximate surface area is 194 Å². The monoisotopic (exact) mass is 452 g/mol. The van der Waals surface area contributed by atoms with Gasteiger partial charge in [-0.25, -0.2) is 4.79 Å². The largest absolute Gasteiger partial charge is 0.481 e. The molecule has 0 saturated carbocycles. The summed E-state index contributed by atoms with van der Waals surface area (Å²) in [4.78, 5) is 35.4. The standard InChI is InChI=1S/C26H32N2O5/c1-3-18(15-24(29)27-13-12-17(2)14-25(30)31)28-26(32)33-16-23-21-10-6-4-8-19(21)20-9-5-7-11-22(20)23/h4-11,17-18,23H,3,12-16H2,1-2H3,(H,27,29)(H,28,32)(H,30,31)/t17?,18-/m0/s1. The van der Waals surface area contributed by atoms with Gasteiger partial charge in [-0.2, -0.15) is 0 Å². The van der Waals surface area contributed by atoms with Crippen LogP contribution >= 0.6 is 0 Å². The summed E-state index contributed by atoms with van der Waals surface area (Å²) in [6, 6.07) is 16.0. The Kier molecular flexibility index (Phi) is 8.46. The molecule has 0 spiro atoms. The Balaban J connectivity index is 1.47. The number of carbonyl (C=O) groups is 3. The second-order valence-electron chi connectivity index (χ2n) is 8.62. The van der Waals surface area contributed by atoms with Crippen molar-refractivity contribution in [2.24, 2.45) is 5.92 Å². The molecule has 1 aliphatic carbocycles. The van der Waals surface area contributed by atoms with Crippen molar-refractivity contribution in [1.29, 1.82) is 0 Å². The fourth-order valence-corrected chi connectivity index (χ4v) is 4.26. The number of nitrogens with one attached hydrogen (secondary N) is 2. The highest BCUT2D eigenvalue weighted by atomic mass is 16.5. The van der Waals surface area contributed by atoms with Gasteiger partial charge in [-0.3, -0.25) is 9.59 Å². The van der Waals surface area contributed by atoms with E-state index in [0.717, 1.165) is 11.1 Å². The van der Waals surface area contributed by atoms with Crippen molar-refractivity contribution < 1.29 is 24.2 Å². The van der Waals surface area contributed by atoms with Gasteiger partial charge < -0.3 is 20.5 Å². The van der Waals surface area contributed by atoms with E-state index in [1.165, 1.54) is 11.1 Å². The van der Waals surface area contributed by atoms with Crippen molar-refractivity contribution in [3.05, 3.63) is 59.7 Å². The molecule has 7 heteroatoms. The van der Waals surface area contributed by atoms with Crippen LogP contribution in [0.15, 0.2) is 48.5 Å². The number of alkyl carbamates (subject to hydrolysis) is 1. The number of carbonyl (C=O) groups excluding carboxylic acids is 2. The number of hydrogen-bond donors (Lipinski definition) is 3. The normalized spacial score (nSPS) is 14.0. The van der Waals surface area contributed by atoms with Gasteiger partial charge in [0.15, 0.2) is 0 Å². The van der Waals surface area contributed by atoms with Gasteiger partial charge >= 0.3 is 12.1 Å². The van der Waals surface area contributed by atoms with Gasteiger partial charge in [0.25, 0.3) is 0 Å². The predicted molar refractivity (Wildman–Crippen MR) is 126 cm³/mol. The van der Waals surface area contributed by atoms with E-state index < -0.39 is 12.1 Å². The SMILES string of the molecule is CC[C@@H](CC(=O)NCCC(C)CC(=O)O)NC(=O)OCC1c2ccccc2-c2ccccc21. The maximum atomic E-state index is 12.5. The Bertz CT molecular complexity index is 945. The Hall–Kier alpha value is -3.35. The zero-order valence-corrected chi connectivity index (χ0v) is 19.2. The zero-order chi connectivity index (χ0) is 23.8. The van der Waals surface area contributed by atoms with Crippen LogP contribution in [-0.2, 0) is 14.3 Å². The number of ether oxygens (including phenoxy) is 1. The van der Waals surface area contributed by atoms with Crippen molar-refractivity contribution in [1.82, 2.24) is 10.6 Å². The summed E-state index contributed by atoms with van der Waals surface area (Å²) < 4.78 is 5.57. The van der Waals surface area contributed by atoms with Crippen molar-refractivity contribution in [2.45, 2.75) is 51.5 Å². The second-order valence-corrected chi connectivity index (χ2v) is 8.62. The minimum Gasteiger partial charge on any atom is -0.481 e. The quantitative estimate of drug-likeness (QED) is 0.471. The molecule has 0 radical (unpaired) electrons. The van der Waals surface area contributed by atoms with Crippen molar-refractivity contribution >= 4 is 18.0 Å². The lowest BCUT2D eigenvalue weighted by Gasteiger charge is -2.19. The van der Waals surface area contributed by atoms with Crippen LogP contribution in [0.2, 0.25) is 0 Å². The van der Waals surface area contributed by atoms with E-state index in [4.69, 9.17) is 9.84 Å². The molecule has 3 rings (SSSR count). The number of benzene rings is 2. The molecule has 2 aromatic rings. The molecular weight excluding hydrogens is 420 g/mol. The van der Waals surface area contributed by atoms with Crippen molar-refractivity contribution in [3.8, 4) is 11.1 Å². The van der Waals surface area contributed by atoms with Crippen LogP contribution in [-0.4, -0.2) is 42.3 Å². The van der Waals surface area contributed by atoms with Crippen LogP contribution < -0.4 is 10.6 Å². The molecule has 0 fully saturated rings. The summed E-state index contributed by atoms with van der Waals surface area (Å²) in [5.74, 6) is -1.04. The summed E-state index contributed by atoms with van der Waals surface area (Å²) in [5.41, 5.74) is 4.64. The van der Waals surface area contributed by atoms with Gasteiger partial charge in [-0.1, -0.05) is 62.4 Å². The van der Waals surface area contributed by atoms with Crippen LogP contribution in [0.3, 0.4) is 0 Å². The molecule has 0 bridgehead atoms. The van der Waals surface area contributed by atoms with E-state index in [2.05, 4.69) is 34.9 Å². The number of rotatable bonds is 11. The van der Waals surface area contributed by atoms with Gasteiger partial charge in [0, 0.05) is 31.3 Å². The fourth-order valence-electron chi connectivity index (χ4n) is 4.26. The molecule has 3 N–H and O–H groups in total. The van der Waals surface area contributed by atoms with Crippen molar-refractivity contribution in [3.63, 3.8) is 0 Å². The van der Waals surface area contributed by atoms with Gasteiger partial charge in [0.2, 0.25) is 5.91 Å². The average molecular weight is 453 g/mol. The van der Waals surface area contributed by atoms with E-state index in [1.54, 1.807) is 0 Å². The van der Waals surface area contributed by atoms with Gasteiger partial charge in [0.05, 0.1) is 0 Å². The van der Waals surface area contributed by atoms with E-state index in [1.807, 2.05) is 38.1 Å². The molecular formula is C26H32N2O5. The number of carboxylic acid groups (broad SMARTS) is 1. The number of amides is 2. The fraction of sp³-hybridized carbons (Fsp3) is 0.423. The van der Waals surface area contributed by atoms with Crippen LogP contribution in [0, 0.1) is 5.92 Å². The summed E-state index contributed by atoms with van der Waals surface area (Å²) in [6.45, 7) is 4.38. The summed E-state index contributed by atoms with van der Waals surface area (Å²) >= 11 is 0. The van der Waals surface area contributed by atoms with E-state index in [9.17, 15) is 14.4 Å². The highest BCUT2D eigenvalue weighted by Crippen LogP contribution is 2.44. The van der Waals surface area contributed by atoms with Crippen LogP contribution in [0.4, 0.5) is 4.79 Å². The Morgan fingerprint density at radius 1 is 1.00 bits per heavy atom. The summed E-state index contributed by atoms with van der Waals surface area (Å²) in [7, 11) is 0. The average Bonchev–Trinajstić information content (AvgIpc) is 3.10. The zero-order valence-electron chi connectivity index (χ0n) is 19.2. The van der Waals surface area contributed by atoms with E-state index >= 15 is 0 Å². The number of aliphatic carboxylic acids is 1. The molecule has 1 unspecified atom stereocenters. The predicted octanol–water partition coefficient (Wildman–Crippen LogP) is 4.31.